The normalized spacial score (nSPS) is 13.7. The van der Waals surface area contributed by atoms with Crippen LogP contribution in [0.2, 0.25) is 0 Å². The van der Waals surface area contributed by atoms with E-state index >= 15 is 0 Å². The minimum atomic E-state index is -0.932. The van der Waals surface area contributed by atoms with E-state index in [-0.39, 0.29) is 10.8 Å². The van der Waals surface area contributed by atoms with E-state index in [1.807, 2.05) is 26.0 Å². The van der Waals surface area contributed by atoms with E-state index in [0.29, 0.717) is 5.75 Å². The summed E-state index contributed by atoms with van der Waals surface area (Å²) in [6.45, 7) is 10.4. The highest BCUT2D eigenvalue weighted by Gasteiger charge is 2.16. The molecule has 0 aliphatic rings. The molecule has 0 N–H and O–H groups in total. The zero-order valence-electron chi connectivity index (χ0n) is 13.9. The number of rotatable bonds is 6. The molecule has 116 valence electrons. The second-order valence-electron chi connectivity index (χ2n) is 7.28. The van der Waals surface area contributed by atoms with Gasteiger partial charge in [0.2, 0.25) is 0 Å². The van der Waals surface area contributed by atoms with Crippen LogP contribution in [-0.2, 0) is 16.2 Å². The third kappa shape index (κ3) is 6.01. The molecule has 0 aliphatic carbocycles. The Bertz CT molecular complexity index is 518. The number of unbranched alkanes of at least 4 members (excludes halogenated alkanes) is 1. The van der Waals surface area contributed by atoms with Crippen molar-refractivity contribution >= 4 is 10.8 Å². The summed E-state index contributed by atoms with van der Waals surface area (Å²) in [5, 5.41) is 8.96. The first kappa shape index (κ1) is 17.9. The molecule has 2 nitrogen and oxygen atoms in total. The van der Waals surface area contributed by atoms with E-state index in [1.165, 1.54) is 5.56 Å². The van der Waals surface area contributed by atoms with Gasteiger partial charge >= 0.3 is 0 Å². The highest BCUT2D eigenvalue weighted by molar-refractivity contribution is 7.85. The van der Waals surface area contributed by atoms with Gasteiger partial charge in [0.25, 0.3) is 0 Å². The zero-order chi connectivity index (χ0) is 16.1. The van der Waals surface area contributed by atoms with Gasteiger partial charge in [-0.2, -0.15) is 5.26 Å². The average molecular weight is 305 g/mol. The fourth-order valence-electron chi connectivity index (χ4n) is 2.08. The molecule has 0 heterocycles. The van der Waals surface area contributed by atoms with Gasteiger partial charge in [-0.3, -0.25) is 4.21 Å². The molecular formula is C18H27NOS. The van der Waals surface area contributed by atoms with Crippen LogP contribution in [0.5, 0.6) is 0 Å². The quantitative estimate of drug-likeness (QED) is 0.707. The lowest BCUT2D eigenvalue weighted by Gasteiger charge is -2.19. The number of benzene rings is 1. The van der Waals surface area contributed by atoms with Crippen molar-refractivity contribution in [2.24, 2.45) is 5.41 Å². The van der Waals surface area contributed by atoms with Crippen molar-refractivity contribution in [3.8, 4) is 6.07 Å². The lowest BCUT2D eigenvalue weighted by atomic mass is 9.87. The number of hydrogen-bond donors (Lipinski definition) is 0. The number of nitrogens with zero attached hydrogens (tertiary/aromatic N) is 1. The molecule has 0 radical (unpaired) electrons. The SMILES string of the molecule is CC(C)(C#N)CCCCS(=O)c1ccc(C(C)(C)C)cc1. The third-order valence-electron chi connectivity index (χ3n) is 3.67. The van der Waals surface area contributed by atoms with Crippen LogP contribution in [0.25, 0.3) is 0 Å². The van der Waals surface area contributed by atoms with Gasteiger partial charge in [0, 0.05) is 10.6 Å². The van der Waals surface area contributed by atoms with Gasteiger partial charge in [-0.25, -0.2) is 0 Å². The van der Waals surface area contributed by atoms with E-state index in [0.717, 1.165) is 24.2 Å². The maximum Gasteiger partial charge on any atom is 0.0683 e. The topological polar surface area (TPSA) is 40.9 Å². The van der Waals surface area contributed by atoms with Crippen molar-refractivity contribution in [3.05, 3.63) is 29.8 Å². The minimum Gasteiger partial charge on any atom is -0.254 e. The molecule has 0 bridgehead atoms. The Balaban J connectivity index is 2.48. The first-order chi connectivity index (χ1) is 9.65. The van der Waals surface area contributed by atoms with Gasteiger partial charge in [-0.1, -0.05) is 39.3 Å². The summed E-state index contributed by atoms with van der Waals surface area (Å²) in [6.07, 6.45) is 2.72. The van der Waals surface area contributed by atoms with Crippen LogP contribution in [0.15, 0.2) is 29.2 Å². The van der Waals surface area contributed by atoms with Crippen molar-refractivity contribution in [1.29, 1.82) is 5.26 Å². The van der Waals surface area contributed by atoms with Crippen LogP contribution >= 0.6 is 0 Å². The van der Waals surface area contributed by atoms with Crippen molar-refractivity contribution in [2.45, 2.75) is 64.2 Å². The van der Waals surface area contributed by atoms with E-state index in [4.69, 9.17) is 5.26 Å². The summed E-state index contributed by atoms with van der Waals surface area (Å²) in [7, 11) is -0.932. The lowest BCUT2D eigenvalue weighted by molar-refractivity contribution is 0.432. The molecular weight excluding hydrogens is 278 g/mol. The summed E-state index contributed by atoms with van der Waals surface area (Å²) < 4.78 is 12.2. The first-order valence-electron chi connectivity index (χ1n) is 7.56. The summed E-state index contributed by atoms with van der Waals surface area (Å²) >= 11 is 0. The predicted molar refractivity (Wildman–Crippen MR) is 89.7 cm³/mol. The Morgan fingerprint density at radius 2 is 1.62 bits per heavy atom. The average Bonchev–Trinajstić information content (AvgIpc) is 2.42. The van der Waals surface area contributed by atoms with Crippen molar-refractivity contribution in [3.63, 3.8) is 0 Å². The second kappa shape index (κ2) is 7.22. The Morgan fingerprint density at radius 3 is 2.10 bits per heavy atom. The first-order valence-corrected chi connectivity index (χ1v) is 8.88. The molecule has 0 spiro atoms. The van der Waals surface area contributed by atoms with Crippen LogP contribution in [-0.4, -0.2) is 9.96 Å². The zero-order valence-corrected chi connectivity index (χ0v) is 14.7. The molecule has 0 fully saturated rings. The van der Waals surface area contributed by atoms with Gasteiger partial charge in [-0.15, -0.1) is 0 Å². The third-order valence-corrected chi connectivity index (χ3v) is 5.12. The van der Waals surface area contributed by atoms with E-state index in [9.17, 15) is 4.21 Å². The Hall–Kier alpha value is -1.14. The molecule has 0 aromatic heterocycles. The monoisotopic (exact) mass is 305 g/mol. The van der Waals surface area contributed by atoms with Crippen molar-refractivity contribution in [1.82, 2.24) is 0 Å². The Morgan fingerprint density at radius 1 is 1.05 bits per heavy atom. The van der Waals surface area contributed by atoms with E-state index in [1.54, 1.807) is 0 Å². The van der Waals surface area contributed by atoms with Crippen LogP contribution < -0.4 is 0 Å². The lowest BCUT2D eigenvalue weighted by Crippen LogP contribution is -2.11. The van der Waals surface area contributed by atoms with Gasteiger partial charge < -0.3 is 0 Å². The minimum absolute atomic E-state index is 0.128. The van der Waals surface area contributed by atoms with E-state index < -0.39 is 10.8 Å². The fourth-order valence-corrected chi connectivity index (χ4v) is 3.22. The number of nitriles is 1. The molecule has 1 aromatic rings. The van der Waals surface area contributed by atoms with E-state index in [2.05, 4.69) is 39.0 Å². The molecule has 0 aliphatic heterocycles. The van der Waals surface area contributed by atoms with Crippen LogP contribution in [0, 0.1) is 16.7 Å². The van der Waals surface area contributed by atoms with Crippen molar-refractivity contribution < 1.29 is 4.21 Å². The smallest absolute Gasteiger partial charge is 0.0683 e. The summed E-state index contributed by atoms with van der Waals surface area (Å²) in [5.74, 6) is 0.677. The summed E-state index contributed by atoms with van der Waals surface area (Å²) in [5.41, 5.74) is 1.12. The molecule has 1 atom stereocenters. The maximum atomic E-state index is 12.2. The maximum absolute atomic E-state index is 12.2. The summed E-state index contributed by atoms with van der Waals surface area (Å²) in [4.78, 5) is 0.905. The van der Waals surface area contributed by atoms with Crippen LogP contribution in [0.3, 0.4) is 0 Å². The van der Waals surface area contributed by atoms with Gasteiger partial charge in [-0.05, 0) is 49.8 Å². The van der Waals surface area contributed by atoms with Gasteiger partial charge in [0.15, 0.2) is 0 Å². The molecule has 21 heavy (non-hydrogen) atoms. The van der Waals surface area contributed by atoms with Gasteiger partial charge in [0.1, 0.15) is 0 Å². The Labute approximate surface area is 132 Å². The predicted octanol–water partition coefficient (Wildman–Crippen LogP) is 4.81. The van der Waals surface area contributed by atoms with Crippen LogP contribution in [0.1, 0.15) is 59.4 Å². The molecule has 1 aromatic carbocycles. The molecule has 0 saturated heterocycles. The van der Waals surface area contributed by atoms with Crippen LogP contribution in [0.4, 0.5) is 0 Å². The Kier molecular flexibility index (Phi) is 6.16. The highest BCUT2D eigenvalue weighted by atomic mass is 32.2. The standard InChI is InChI=1S/C18H27NOS/c1-17(2,3)15-8-10-16(11-9-15)21(20)13-7-6-12-18(4,5)14-19/h8-11H,6-7,12-13H2,1-5H3. The number of hydrogen-bond acceptors (Lipinski definition) is 2. The largest absolute Gasteiger partial charge is 0.254 e. The summed E-state index contributed by atoms with van der Waals surface area (Å²) in [6, 6.07) is 10.4. The molecule has 0 saturated carbocycles. The molecule has 1 rings (SSSR count). The van der Waals surface area contributed by atoms with Gasteiger partial charge in [0.05, 0.1) is 22.3 Å². The molecule has 0 amide bonds. The fraction of sp³-hybridized carbons (Fsp3) is 0.611. The second-order valence-corrected chi connectivity index (χ2v) is 8.85. The molecule has 3 heteroatoms. The molecule has 1 unspecified atom stereocenters. The van der Waals surface area contributed by atoms with Crippen molar-refractivity contribution in [2.75, 3.05) is 5.75 Å². The highest BCUT2D eigenvalue weighted by Crippen LogP contribution is 2.24.